The monoisotopic (exact) mass is 266 g/mol. The summed E-state index contributed by atoms with van der Waals surface area (Å²) in [6, 6.07) is 4.52. The van der Waals surface area contributed by atoms with Crippen LogP contribution in [0.25, 0.3) is 10.4 Å². The van der Waals surface area contributed by atoms with Crippen molar-refractivity contribution < 1.29 is 15.1 Å². The Morgan fingerprint density at radius 3 is 2.79 bits per heavy atom. The molecule has 0 bridgehead atoms. The highest BCUT2D eigenvalue weighted by Gasteiger charge is 2.27. The molecule has 2 unspecified atom stereocenters. The zero-order valence-electron chi connectivity index (χ0n) is 10.3. The number of hydrogen-bond acceptors (Lipinski definition) is 5. The van der Waals surface area contributed by atoms with Gasteiger partial charge in [-0.15, -0.1) is 0 Å². The second-order valence-electron chi connectivity index (χ2n) is 4.03. The molecule has 1 aromatic rings. The van der Waals surface area contributed by atoms with E-state index in [0.717, 1.165) is 0 Å². The number of azide groups is 1. The van der Waals surface area contributed by atoms with Gasteiger partial charge in [-0.2, -0.15) is 0 Å². The first-order valence-corrected chi connectivity index (χ1v) is 5.60. The van der Waals surface area contributed by atoms with Gasteiger partial charge in [-0.05, 0) is 24.9 Å². The first kappa shape index (κ1) is 14.9. The molecule has 2 N–H and O–H groups in total. The van der Waals surface area contributed by atoms with Gasteiger partial charge in [-0.25, -0.2) is 0 Å². The molecule has 8 heteroatoms. The fraction of sp³-hybridized carbons (Fsp3) is 0.455. The van der Waals surface area contributed by atoms with E-state index in [-0.39, 0.29) is 24.2 Å². The molecule has 0 amide bonds. The molecule has 0 aliphatic rings. The molecule has 102 valence electrons. The zero-order valence-corrected chi connectivity index (χ0v) is 10.3. The smallest absolute Gasteiger partial charge is 0.278 e. The predicted molar refractivity (Wildman–Crippen MR) is 67.4 cm³/mol. The zero-order chi connectivity index (χ0) is 14.4. The average Bonchev–Trinajstić information content (AvgIpc) is 2.37. The van der Waals surface area contributed by atoms with Crippen LogP contribution in [0.15, 0.2) is 23.3 Å². The van der Waals surface area contributed by atoms with Crippen molar-refractivity contribution in [1.82, 2.24) is 0 Å². The molecule has 0 aliphatic carbocycles. The van der Waals surface area contributed by atoms with E-state index < -0.39 is 17.1 Å². The minimum absolute atomic E-state index is 0.00827. The maximum atomic E-state index is 11.0. The highest BCUT2D eigenvalue weighted by molar-refractivity contribution is 5.48. The van der Waals surface area contributed by atoms with Crippen LogP contribution in [0.2, 0.25) is 0 Å². The fourth-order valence-corrected chi connectivity index (χ4v) is 1.77. The summed E-state index contributed by atoms with van der Waals surface area (Å²) in [5, 5.41) is 33.9. The Kier molecular flexibility index (Phi) is 5.25. The number of aryl methyl sites for hydroxylation is 1. The SMILES string of the molecule is Cc1cccc(C(O)C(O)CCN=[N+]=[N-])c1[N+](=O)[O-]. The maximum Gasteiger partial charge on any atom is 0.278 e. The Morgan fingerprint density at radius 2 is 2.21 bits per heavy atom. The highest BCUT2D eigenvalue weighted by atomic mass is 16.6. The summed E-state index contributed by atoms with van der Waals surface area (Å²) in [5.74, 6) is 0. The Bertz CT molecular complexity index is 513. The van der Waals surface area contributed by atoms with Crippen molar-refractivity contribution >= 4 is 5.69 Å². The molecule has 2 atom stereocenters. The fourth-order valence-electron chi connectivity index (χ4n) is 1.77. The lowest BCUT2D eigenvalue weighted by Crippen LogP contribution is -2.20. The molecule has 1 rings (SSSR count). The summed E-state index contributed by atoms with van der Waals surface area (Å²) < 4.78 is 0. The van der Waals surface area contributed by atoms with Crippen LogP contribution >= 0.6 is 0 Å². The topological polar surface area (TPSA) is 132 Å². The van der Waals surface area contributed by atoms with Crippen LogP contribution in [-0.2, 0) is 0 Å². The van der Waals surface area contributed by atoms with E-state index in [1.807, 2.05) is 0 Å². The van der Waals surface area contributed by atoms with Crippen molar-refractivity contribution in [2.75, 3.05) is 6.54 Å². The van der Waals surface area contributed by atoms with E-state index in [4.69, 9.17) is 5.53 Å². The second kappa shape index (κ2) is 6.69. The van der Waals surface area contributed by atoms with Crippen molar-refractivity contribution in [3.63, 3.8) is 0 Å². The van der Waals surface area contributed by atoms with Crippen LogP contribution in [0.1, 0.15) is 23.7 Å². The predicted octanol–water partition coefficient (Wildman–Crippen LogP) is 2.00. The Hall–Kier alpha value is -2.15. The second-order valence-corrected chi connectivity index (χ2v) is 4.03. The average molecular weight is 266 g/mol. The number of benzene rings is 1. The van der Waals surface area contributed by atoms with Gasteiger partial charge in [0.25, 0.3) is 5.69 Å². The van der Waals surface area contributed by atoms with Gasteiger partial charge in [0.1, 0.15) is 6.10 Å². The number of nitrogens with zero attached hydrogens (tertiary/aromatic N) is 4. The molecule has 0 saturated carbocycles. The molecule has 0 aromatic heterocycles. The van der Waals surface area contributed by atoms with Crippen LogP contribution in [0, 0.1) is 17.0 Å². The van der Waals surface area contributed by atoms with E-state index in [2.05, 4.69) is 10.0 Å². The van der Waals surface area contributed by atoms with Gasteiger partial charge < -0.3 is 10.2 Å². The summed E-state index contributed by atoms with van der Waals surface area (Å²) in [7, 11) is 0. The van der Waals surface area contributed by atoms with Gasteiger partial charge >= 0.3 is 0 Å². The maximum absolute atomic E-state index is 11.0. The molecule has 8 nitrogen and oxygen atoms in total. The molecule has 0 aliphatic heterocycles. The molecule has 0 radical (unpaired) electrons. The quantitative estimate of drug-likeness (QED) is 0.268. The lowest BCUT2D eigenvalue weighted by atomic mass is 9.98. The van der Waals surface area contributed by atoms with E-state index in [1.165, 1.54) is 6.07 Å². The van der Waals surface area contributed by atoms with Gasteiger partial charge in [-0.1, -0.05) is 17.2 Å². The minimum Gasteiger partial charge on any atom is -0.390 e. The van der Waals surface area contributed by atoms with Crippen LogP contribution in [0.3, 0.4) is 0 Å². The van der Waals surface area contributed by atoms with Gasteiger partial charge in [0.05, 0.1) is 16.6 Å². The summed E-state index contributed by atoms with van der Waals surface area (Å²) >= 11 is 0. The lowest BCUT2D eigenvalue weighted by Gasteiger charge is -2.17. The third-order valence-electron chi connectivity index (χ3n) is 2.72. The van der Waals surface area contributed by atoms with Crippen molar-refractivity contribution in [2.45, 2.75) is 25.6 Å². The standard InChI is InChI=1S/C11H14N4O4/c1-7-3-2-4-8(10(7)15(18)19)11(17)9(16)5-6-13-14-12/h2-4,9,11,16-17H,5-6H2,1H3. The van der Waals surface area contributed by atoms with Gasteiger partial charge in [0.15, 0.2) is 0 Å². The van der Waals surface area contributed by atoms with E-state index in [1.54, 1.807) is 19.1 Å². The van der Waals surface area contributed by atoms with Gasteiger partial charge in [0.2, 0.25) is 0 Å². The highest BCUT2D eigenvalue weighted by Crippen LogP contribution is 2.30. The van der Waals surface area contributed by atoms with Crippen LogP contribution < -0.4 is 0 Å². The number of nitro groups is 1. The number of nitro benzene ring substituents is 1. The largest absolute Gasteiger partial charge is 0.390 e. The number of hydrogen-bond donors (Lipinski definition) is 2. The van der Waals surface area contributed by atoms with Crippen molar-refractivity contribution in [3.05, 3.63) is 49.9 Å². The number of aliphatic hydroxyl groups excluding tert-OH is 2. The molecule has 0 saturated heterocycles. The minimum atomic E-state index is -1.39. The third kappa shape index (κ3) is 3.65. The number of para-hydroxylation sites is 1. The molecular weight excluding hydrogens is 252 g/mol. The van der Waals surface area contributed by atoms with Crippen LogP contribution in [0.4, 0.5) is 5.69 Å². The number of aliphatic hydroxyl groups is 2. The van der Waals surface area contributed by atoms with Crippen molar-refractivity contribution in [2.24, 2.45) is 5.11 Å². The normalized spacial score (nSPS) is 13.4. The summed E-state index contributed by atoms with van der Waals surface area (Å²) in [6.45, 7) is 1.56. The van der Waals surface area contributed by atoms with Crippen molar-refractivity contribution in [3.8, 4) is 0 Å². The molecule has 0 fully saturated rings. The summed E-state index contributed by atoms with van der Waals surface area (Å²) in [4.78, 5) is 12.9. The Morgan fingerprint density at radius 1 is 1.53 bits per heavy atom. The van der Waals surface area contributed by atoms with E-state index in [0.29, 0.717) is 5.56 Å². The molecule has 1 aromatic carbocycles. The Labute approximate surface area is 109 Å². The first-order chi connectivity index (χ1) is 8.99. The lowest BCUT2D eigenvalue weighted by molar-refractivity contribution is -0.386. The van der Waals surface area contributed by atoms with Crippen molar-refractivity contribution in [1.29, 1.82) is 0 Å². The molecule has 0 spiro atoms. The van der Waals surface area contributed by atoms with Gasteiger partial charge in [0, 0.05) is 17.0 Å². The molecule has 0 heterocycles. The molecule has 19 heavy (non-hydrogen) atoms. The summed E-state index contributed by atoms with van der Waals surface area (Å²) in [6.07, 6.45) is -2.60. The summed E-state index contributed by atoms with van der Waals surface area (Å²) in [5.41, 5.74) is 8.36. The first-order valence-electron chi connectivity index (χ1n) is 5.60. The van der Waals surface area contributed by atoms with Crippen LogP contribution in [0.5, 0.6) is 0 Å². The molecular formula is C11H14N4O4. The van der Waals surface area contributed by atoms with E-state index >= 15 is 0 Å². The van der Waals surface area contributed by atoms with Crippen LogP contribution in [-0.4, -0.2) is 27.8 Å². The van der Waals surface area contributed by atoms with Gasteiger partial charge in [-0.3, -0.25) is 10.1 Å². The number of rotatable bonds is 6. The third-order valence-corrected chi connectivity index (χ3v) is 2.72. The Balaban J connectivity index is 2.98. The van der Waals surface area contributed by atoms with E-state index in [9.17, 15) is 20.3 Å².